The van der Waals surface area contributed by atoms with Crippen molar-refractivity contribution < 1.29 is 22.1 Å². The van der Waals surface area contributed by atoms with Crippen molar-refractivity contribution in [2.75, 3.05) is 19.0 Å². The number of methoxy groups -OCH3 is 1. The summed E-state index contributed by atoms with van der Waals surface area (Å²) in [7, 11) is -2.67. The van der Waals surface area contributed by atoms with E-state index in [0.29, 0.717) is 28.1 Å². The first kappa shape index (κ1) is 17.3. The number of aryl methyl sites for hydroxylation is 3. The van der Waals surface area contributed by atoms with Crippen molar-refractivity contribution in [3.8, 4) is 11.4 Å². The number of aromatic nitrogens is 6. The van der Waals surface area contributed by atoms with Crippen LogP contribution in [0.4, 0.5) is 16.2 Å². The van der Waals surface area contributed by atoms with Gasteiger partial charge in [0.15, 0.2) is 5.82 Å². The summed E-state index contributed by atoms with van der Waals surface area (Å²) < 4.78 is 67.0. The van der Waals surface area contributed by atoms with Crippen LogP contribution in [0.3, 0.4) is 0 Å². The van der Waals surface area contributed by atoms with Crippen LogP contribution in [-0.2, 0) is 24.8 Å². The van der Waals surface area contributed by atoms with Gasteiger partial charge in [0.1, 0.15) is 17.3 Å². The molecule has 0 radical (unpaired) electrons. The highest BCUT2D eigenvalue weighted by Gasteiger charge is 2.35. The Bertz CT molecular complexity index is 1630. The Morgan fingerprint density at radius 1 is 1.25 bits per heavy atom. The van der Waals surface area contributed by atoms with Crippen LogP contribution in [0.25, 0.3) is 11.4 Å². The van der Waals surface area contributed by atoms with Gasteiger partial charge in [0.2, 0.25) is 5.95 Å². The first-order chi connectivity index (χ1) is 19.7. The Morgan fingerprint density at radius 2 is 2.14 bits per heavy atom. The van der Waals surface area contributed by atoms with Crippen molar-refractivity contribution >= 4 is 17.7 Å². The quantitative estimate of drug-likeness (QED) is 0.419. The van der Waals surface area contributed by atoms with Gasteiger partial charge in [0.05, 0.1) is 28.7 Å². The number of imidazole rings is 1. The highest BCUT2D eigenvalue weighted by Crippen LogP contribution is 2.27. The highest BCUT2D eigenvalue weighted by molar-refractivity contribution is 5.92. The van der Waals surface area contributed by atoms with Crippen molar-refractivity contribution in [3.05, 3.63) is 71.2 Å². The van der Waals surface area contributed by atoms with Gasteiger partial charge in [-0.05, 0) is 36.6 Å². The minimum Gasteiger partial charge on any atom is -0.382 e. The molecule has 1 amide bonds. The molecule has 1 aromatic carbocycles. The first-order valence-electron chi connectivity index (χ1n) is 14.1. The minimum atomic E-state index is -2.67. The summed E-state index contributed by atoms with van der Waals surface area (Å²) in [5.41, 5.74) is 2.38. The van der Waals surface area contributed by atoms with Crippen LogP contribution < -0.4 is 5.32 Å². The third-order valence-corrected chi connectivity index (χ3v) is 6.04. The number of anilines is 2. The number of amides is 1. The molecule has 0 saturated carbocycles. The number of hydrogen-bond donors (Lipinski definition) is 1. The zero-order valence-electron chi connectivity index (χ0n) is 25.6. The number of halogens is 1. The molecule has 0 fully saturated rings. The van der Waals surface area contributed by atoms with E-state index < -0.39 is 31.8 Å². The second kappa shape index (κ2) is 9.50. The maximum atomic E-state index is 14.3. The van der Waals surface area contributed by atoms with Gasteiger partial charge in [-0.3, -0.25) is 9.48 Å². The molecule has 11 heteroatoms. The molecule has 5 rings (SSSR count). The van der Waals surface area contributed by atoms with Crippen molar-refractivity contribution in [1.82, 2.24) is 34.2 Å². The normalized spacial score (nSPS) is 18.5. The van der Waals surface area contributed by atoms with E-state index in [2.05, 4.69) is 25.4 Å². The van der Waals surface area contributed by atoms with E-state index in [4.69, 9.17) is 13.0 Å². The summed E-state index contributed by atoms with van der Waals surface area (Å²) in [4.78, 5) is 28.4. The van der Waals surface area contributed by atoms with Gasteiger partial charge in [-0.2, -0.15) is 5.10 Å². The molecule has 0 aliphatic carbocycles. The molecule has 0 bridgehead atoms. The van der Waals surface area contributed by atoms with Crippen molar-refractivity contribution in [2.24, 2.45) is 6.98 Å². The number of rotatable bonds is 7. The molecule has 3 aromatic heterocycles. The Kier molecular flexibility index (Phi) is 4.57. The van der Waals surface area contributed by atoms with Crippen LogP contribution in [0.5, 0.6) is 0 Å². The number of benzene rings is 1. The Morgan fingerprint density at radius 3 is 2.94 bits per heavy atom. The van der Waals surface area contributed by atoms with Gasteiger partial charge in [-0.1, -0.05) is 12.1 Å². The van der Waals surface area contributed by atoms with E-state index in [1.807, 2.05) is 0 Å². The zero-order chi connectivity index (χ0) is 30.4. The number of ether oxygens (including phenoxy) is 1. The average molecular weight is 497 g/mol. The van der Waals surface area contributed by atoms with E-state index in [1.54, 1.807) is 36.7 Å². The van der Waals surface area contributed by atoms with Crippen molar-refractivity contribution in [3.63, 3.8) is 0 Å². The van der Waals surface area contributed by atoms with Gasteiger partial charge in [0, 0.05) is 49.7 Å². The van der Waals surface area contributed by atoms with E-state index in [-0.39, 0.29) is 37.3 Å². The smallest absolute Gasteiger partial charge is 0.290 e. The van der Waals surface area contributed by atoms with Crippen LogP contribution in [0.15, 0.2) is 42.9 Å². The molecule has 10 nitrogen and oxygen atoms in total. The lowest BCUT2D eigenvalue weighted by molar-refractivity contribution is 0.0380. The third-order valence-electron chi connectivity index (χ3n) is 6.04. The largest absolute Gasteiger partial charge is 0.382 e. The van der Waals surface area contributed by atoms with Crippen LogP contribution in [-0.4, -0.2) is 59.8 Å². The maximum Gasteiger partial charge on any atom is 0.290 e. The van der Waals surface area contributed by atoms with Crippen LogP contribution in [0.2, 0.25) is 0 Å². The molecule has 4 aromatic rings. The molecule has 1 aliphatic rings. The second-order valence-electron chi connectivity index (χ2n) is 8.56. The number of nitrogens with one attached hydrogen (secondary N) is 1. The highest BCUT2D eigenvalue weighted by atomic mass is 19.1. The molecule has 1 aliphatic heterocycles. The Labute approximate surface area is 216 Å². The van der Waals surface area contributed by atoms with Gasteiger partial charge in [-0.15, -0.1) is 0 Å². The number of fused-ring (bicyclic) bond motifs is 1. The van der Waals surface area contributed by atoms with Crippen molar-refractivity contribution in [1.29, 1.82) is 0 Å². The fourth-order valence-electron chi connectivity index (χ4n) is 4.11. The lowest BCUT2D eigenvalue weighted by Gasteiger charge is -2.35. The summed E-state index contributed by atoms with van der Waals surface area (Å²) in [6, 6.07) is 5.45. The standard InChI is InChI=1S/C25H27FN8O2/c1-15-5-6-17(9-19(15)26)11-34-18(14-36-4)12-33-13-20(29-23(33)24(34)35)22-16(2)10-27-25(31-22)30-21-7-8-28-32(21)3/h5-10,13,18H,11-12,14H2,1-4H3,(H,27,30,31)/i3D3,4D3. The predicted molar refractivity (Wildman–Crippen MR) is 131 cm³/mol. The average Bonchev–Trinajstić information content (AvgIpc) is 3.55. The third kappa shape index (κ3) is 4.44. The number of nitrogens with zero attached hydrogens (tertiary/aromatic N) is 7. The summed E-state index contributed by atoms with van der Waals surface area (Å²) in [5, 5.41) is 6.69. The summed E-state index contributed by atoms with van der Waals surface area (Å²) >= 11 is 0. The molecule has 0 spiro atoms. The molecular weight excluding hydrogens is 463 g/mol. The lowest BCUT2D eigenvalue weighted by Crippen LogP contribution is -2.49. The van der Waals surface area contributed by atoms with Crippen LogP contribution in [0.1, 0.15) is 35.5 Å². The molecule has 1 N–H and O–H groups in total. The second-order valence-corrected chi connectivity index (χ2v) is 8.56. The SMILES string of the molecule is [2H]C([2H])([2H])OCC1Cn2cc(-c3nc(Nc4ccnn4C([2H])([2H])[2H])ncc3C)nc2C(=O)N1Cc1ccc(C)c(F)c1. The monoisotopic (exact) mass is 496 g/mol. The van der Waals surface area contributed by atoms with Gasteiger partial charge < -0.3 is 19.5 Å². The van der Waals surface area contributed by atoms with Crippen molar-refractivity contribution in [2.45, 2.75) is 33.0 Å². The van der Waals surface area contributed by atoms with E-state index >= 15 is 0 Å². The predicted octanol–water partition coefficient (Wildman–Crippen LogP) is 3.24. The summed E-state index contributed by atoms with van der Waals surface area (Å²) in [6.45, 7) is 0.794. The molecular formula is C25H27FN8O2. The van der Waals surface area contributed by atoms with Gasteiger partial charge >= 0.3 is 0 Å². The Hall–Kier alpha value is -4.12. The molecule has 0 saturated heterocycles. The maximum absolute atomic E-state index is 14.3. The summed E-state index contributed by atoms with van der Waals surface area (Å²) in [5.74, 6) is -0.563. The fraction of sp³-hybridized carbons (Fsp3) is 0.320. The number of hydrogen-bond acceptors (Lipinski definition) is 7. The number of carbonyl (C=O) groups is 1. The minimum absolute atomic E-state index is 0.0189. The van der Waals surface area contributed by atoms with E-state index in [0.717, 1.165) is 4.68 Å². The van der Waals surface area contributed by atoms with Gasteiger partial charge in [-0.25, -0.2) is 19.3 Å². The fourth-order valence-corrected chi connectivity index (χ4v) is 4.11. The van der Waals surface area contributed by atoms with Gasteiger partial charge in [0.25, 0.3) is 5.91 Å². The topological polar surface area (TPSA) is 103 Å². The summed E-state index contributed by atoms with van der Waals surface area (Å²) in [6.07, 6.45) is 4.50. The van der Waals surface area contributed by atoms with Crippen LogP contribution in [0, 0.1) is 19.7 Å². The first-order valence-corrected chi connectivity index (χ1v) is 11.1. The Balaban J connectivity index is 1.46. The van der Waals surface area contributed by atoms with E-state index in [1.165, 1.54) is 29.4 Å². The lowest BCUT2D eigenvalue weighted by atomic mass is 10.1. The van der Waals surface area contributed by atoms with Crippen LogP contribution >= 0.6 is 0 Å². The molecule has 1 unspecified atom stereocenters. The van der Waals surface area contributed by atoms with E-state index in [9.17, 15) is 9.18 Å². The molecule has 1 atom stereocenters. The molecule has 36 heavy (non-hydrogen) atoms. The number of carbonyl (C=O) groups excluding carboxylic acids is 1. The molecule has 186 valence electrons. The zero-order valence-corrected chi connectivity index (χ0v) is 19.6. The molecule has 4 heterocycles.